The minimum atomic E-state index is -1.44. The highest BCUT2D eigenvalue weighted by Gasteiger charge is 2.23. The highest BCUT2D eigenvalue weighted by molar-refractivity contribution is 6.63. The third-order valence-corrected chi connectivity index (χ3v) is 1.82. The van der Waals surface area contributed by atoms with Crippen LogP contribution >= 0.6 is 0 Å². The molecule has 0 spiro atoms. The number of nitrogens with one attached hydrogen (secondary N) is 1. The number of hydrogen-bond donors (Lipinski definition) is 2. The number of ketones is 1. The standard InChI is InChI=1S/C8H13NO3/c1-3-5(4-2)7(10)6(9)8(11)12/h5,9H,3-4H2,1-2H3,(H,11,12). The zero-order valence-corrected chi connectivity index (χ0v) is 7.26. The van der Waals surface area contributed by atoms with E-state index in [1.165, 1.54) is 0 Å². The van der Waals surface area contributed by atoms with Crippen molar-refractivity contribution in [3.05, 3.63) is 0 Å². The van der Waals surface area contributed by atoms with Gasteiger partial charge >= 0.3 is 5.97 Å². The summed E-state index contributed by atoms with van der Waals surface area (Å²) >= 11 is 0. The molecule has 0 aromatic heterocycles. The van der Waals surface area contributed by atoms with Crippen molar-refractivity contribution in [1.29, 1.82) is 5.41 Å². The van der Waals surface area contributed by atoms with Crippen LogP contribution in [-0.2, 0) is 9.59 Å². The first kappa shape index (κ1) is 10.8. The second kappa shape index (κ2) is 4.64. The summed E-state index contributed by atoms with van der Waals surface area (Å²) in [6.07, 6.45) is 1.18. The van der Waals surface area contributed by atoms with Crippen LogP contribution in [0.4, 0.5) is 0 Å². The van der Waals surface area contributed by atoms with Gasteiger partial charge in [0.15, 0.2) is 11.5 Å². The molecule has 0 bridgehead atoms. The van der Waals surface area contributed by atoms with Crippen LogP contribution in [0.15, 0.2) is 0 Å². The van der Waals surface area contributed by atoms with Crippen LogP contribution in [0.3, 0.4) is 0 Å². The van der Waals surface area contributed by atoms with Gasteiger partial charge in [0.05, 0.1) is 0 Å². The largest absolute Gasteiger partial charge is 0.476 e. The molecule has 0 fully saturated rings. The minimum Gasteiger partial charge on any atom is -0.476 e. The predicted octanol–water partition coefficient (Wildman–Crippen LogP) is 1.10. The number of carboxylic acid groups (broad SMARTS) is 1. The van der Waals surface area contributed by atoms with Crippen molar-refractivity contribution in [1.82, 2.24) is 0 Å². The summed E-state index contributed by atoms with van der Waals surface area (Å²) in [7, 11) is 0. The van der Waals surface area contributed by atoms with E-state index in [1.54, 1.807) is 13.8 Å². The van der Waals surface area contributed by atoms with Crippen LogP contribution in [0.5, 0.6) is 0 Å². The Morgan fingerprint density at radius 2 is 1.75 bits per heavy atom. The lowest BCUT2D eigenvalue weighted by Crippen LogP contribution is -2.28. The van der Waals surface area contributed by atoms with Crippen molar-refractivity contribution < 1.29 is 14.7 Å². The Kier molecular flexibility index (Phi) is 4.18. The minimum absolute atomic E-state index is 0.311. The zero-order chi connectivity index (χ0) is 9.72. The summed E-state index contributed by atoms with van der Waals surface area (Å²) in [5, 5.41) is 15.3. The summed E-state index contributed by atoms with van der Waals surface area (Å²) in [5.74, 6) is -2.31. The van der Waals surface area contributed by atoms with Crippen LogP contribution in [0.1, 0.15) is 26.7 Å². The Morgan fingerprint density at radius 1 is 1.33 bits per heavy atom. The molecule has 0 atom stereocenters. The fourth-order valence-electron chi connectivity index (χ4n) is 0.969. The molecule has 68 valence electrons. The Bertz CT molecular complexity index is 206. The highest BCUT2D eigenvalue weighted by Crippen LogP contribution is 2.09. The Hall–Kier alpha value is -1.19. The first-order valence-electron chi connectivity index (χ1n) is 3.90. The van der Waals surface area contributed by atoms with Crippen molar-refractivity contribution in [2.24, 2.45) is 5.92 Å². The van der Waals surface area contributed by atoms with Crippen molar-refractivity contribution in [3.63, 3.8) is 0 Å². The maximum atomic E-state index is 11.1. The van der Waals surface area contributed by atoms with Gasteiger partial charge in [-0.1, -0.05) is 13.8 Å². The lowest BCUT2D eigenvalue weighted by atomic mass is 9.95. The van der Waals surface area contributed by atoms with Crippen LogP contribution in [0, 0.1) is 11.3 Å². The van der Waals surface area contributed by atoms with Crippen molar-refractivity contribution in [2.75, 3.05) is 0 Å². The maximum Gasteiger partial charge on any atom is 0.357 e. The molecule has 0 heterocycles. The lowest BCUT2D eigenvalue weighted by Gasteiger charge is -2.08. The molecule has 0 rings (SSSR count). The van der Waals surface area contributed by atoms with Gasteiger partial charge in [0.2, 0.25) is 0 Å². The molecule has 0 radical (unpaired) electrons. The molecule has 2 N–H and O–H groups in total. The Labute approximate surface area is 71.1 Å². The number of Topliss-reactive ketones (excluding diaryl/α,β-unsaturated/α-hetero) is 1. The van der Waals surface area contributed by atoms with E-state index in [2.05, 4.69) is 0 Å². The Morgan fingerprint density at radius 3 is 2.00 bits per heavy atom. The number of carbonyl (C=O) groups excluding carboxylic acids is 1. The topological polar surface area (TPSA) is 78.2 Å². The SMILES string of the molecule is CCC(CC)C(=O)C(=N)C(=O)O. The highest BCUT2D eigenvalue weighted by atomic mass is 16.4. The van der Waals surface area contributed by atoms with E-state index in [9.17, 15) is 9.59 Å². The molecule has 0 aliphatic carbocycles. The molecule has 0 aromatic carbocycles. The molecule has 0 unspecified atom stereocenters. The van der Waals surface area contributed by atoms with Crippen LogP contribution in [0.25, 0.3) is 0 Å². The van der Waals surface area contributed by atoms with E-state index in [0.717, 1.165) is 0 Å². The first-order chi connectivity index (χ1) is 5.54. The van der Waals surface area contributed by atoms with Gasteiger partial charge in [0, 0.05) is 5.92 Å². The van der Waals surface area contributed by atoms with Gasteiger partial charge in [-0.25, -0.2) is 4.79 Å². The van der Waals surface area contributed by atoms with Crippen LogP contribution < -0.4 is 0 Å². The normalized spacial score (nSPS) is 9.92. The van der Waals surface area contributed by atoms with Crippen molar-refractivity contribution >= 4 is 17.5 Å². The molecular weight excluding hydrogens is 158 g/mol. The molecule has 0 aliphatic rings. The van der Waals surface area contributed by atoms with Gasteiger partial charge in [-0.3, -0.25) is 10.2 Å². The van der Waals surface area contributed by atoms with E-state index in [-0.39, 0.29) is 5.92 Å². The second-order valence-corrected chi connectivity index (χ2v) is 2.56. The molecular formula is C8H13NO3. The van der Waals surface area contributed by atoms with Crippen LogP contribution in [0.2, 0.25) is 0 Å². The number of aliphatic carboxylic acids is 1. The van der Waals surface area contributed by atoms with Gasteiger partial charge < -0.3 is 5.11 Å². The van der Waals surface area contributed by atoms with Crippen molar-refractivity contribution in [2.45, 2.75) is 26.7 Å². The summed E-state index contributed by atoms with van der Waals surface area (Å²) < 4.78 is 0. The van der Waals surface area contributed by atoms with E-state index in [0.29, 0.717) is 12.8 Å². The van der Waals surface area contributed by atoms with E-state index >= 15 is 0 Å². The van der Waals surface area contributed by atoms with Gasteiger partial charge in [-0.2, -0.15) is 0 Å². The lowest BCUT2D eigenvalue weighted by molar-refractivity contribution is -0.130. The summed E-state index contributed by atoms with van der Waals surface area (Å²) in [4.78, 5) is 21.4. The third kappa shape index (κ3) is 2.45. The fourth-order valence-corrected chi connectivity index (χ4v) is 0.969. The van der Waals surface area contributed by atoms with Gasteiger partial charge in [-0.05, 0) is 12.8 Å². The number of rotatable bonds is 5. The van der Waals surface area contributed by atoms with Gasteiger partial charge in [0.1, 0.15) is 0 Å². The molecule has 0 aliphatic heterocycles. The van der Waals surface area contributed by atoms with Crippen molar-refractivity contribution in [3.8, 4) is 0 Å². The number of carboxylic acids is 1. The zero-order valence-electron chi connectivity index (χ0n) is 7.26. The average Bonchev–Trinajstić information content (AvgIpc) is 2.05. The fraction of sp³-hybridized carbons (Fsp3) is 0.625. The molecule has 4 heteroatoms. The average molecular weight is 171 g/mol. The van der Waals surface area contributed by atoms with Crippen LogP contribution in [-0.4, -0.2) is 22.6 Å². The number of carbonyl (C=O) groups is 2. The monoisotopic (exact) mass is 171 g/mol. The summed E-state index contributed by atoms with van der Waals surface area (Å²) in [6.45, 7) is 3.61. The molecule has 0 amide bonds. The maximum absolute atomic E-state index is 11.1. The summed E-state index contributed by atoms with van der Waals surface area (Å²) in [6, 6.07) is 0. The first-order valence-corrected chi connectivity index (χ1v) is 3.90. The molecule has 12 heavy (non-hydrogen) atoms. The third-order valence-electron chi connectivity index (χ3n) is 1.82. The Balaban J connectivity index is 4.37. The predicted molar refractivity (Wildman–Crippen MR) is 44.4 cm³/mol. The smallest absolute Gasteiger partial charge is 0.357 e. The molecule has 0 saturated carbocycles. The van der Waals surface area contributed by atoms with E-state index < -0.39 is 17.5 Å². The van der Waals surface area contributed by atoms with E-state index in [1.807, 2.05) is 0 Å². The van der Waals surface area contributed by atoms with Gasteiger partial charge in [-0.15, -0.1) is 0 Å². The quantitative estimate of drug-likeness (QED) is 0.480. The number of hydrogen-bond acceptors (Lipinski definition) is 3. The second-order valence-electron chi connectivity index (χ2n) is 2.56. The molecule has 0 saturated heterocycles. The van der Waals surface area contributed by atoms with E-state index in [4.69, 9.17) is 10.5 Å². The molecule has 0 aromatic rings. The van der Waals surface area contributed by atoms with Gasteiger partial charge in [0.25, 0.3) is 0 Å². The summed E-state index contributed by atoms with van der Waals surface area (Å²) in [5.41, 5.74) is -0.802. The molecule has 4 nitrogen and oxygen atoms in total.